The van der Waals surface area contributed by atoms with Gasteiger partial charge in [0, 0.05) is 32.7 Å². The van der Waals surface area contributed by atoms with Crippen molar-refractivity contribution >= 4 is 49.2 Å². The Morgan fingerprint density at radius 1 is 0.355 bits per heavy atom. The molecule has 0 bridgehead atoms. The molecule has 2 heterocycles. The van der Waals surface area contributed by atoms with Crippen molar-refractivity contribution in [1.29, 1.82) is 26.3 Å². The number of hydrogen-bond acceptors (Lipinski definition) is 5. The minimum absolute atomic E-state index is 0.251. The van der Waals surface area contributed by atoms with Crippen molar-refractivity contribution in [2.24, 2.45) is 0 Å². The third kappa shape index (κ3) is 7.99. The Balaban J connectivity index is 1.24. The van der Waals surface area contributed by atoms with E-state index in [-0.39, 0.29) is 11.1 Å². The number of nitriles is 5. The molecule has 0 saturated carbocycles. The molecule has 0 fully saturated rings. The highest BCUT2D eigenvalue weighted by Crippen LogP contribution is 2.46. The molecule has 0 unspecified atom stereocenters. The molecule has 2 aromatic heterocycles. The molecule has 9 aromatic carbocycles. The summed E-state index contributed by atoms with van der Waals surface area (Å²) in [5.41, 5.74) is 13.0. The minimum atomic E-state index is -4.70. The van der Waals surface area contributed by atoms with Crippen LogP contribution in [0.3, 0.4) is 0 Å². The van der Waals surface area contributed by atoms with E-state index in [9.17, 15) is 26.3 Å². The lowest BCUT2D eigenvalue weighted by atomic mass is 9.93. The number of rotatable bonds is 7. The summed E-state index contributed by atoms with van der Waals surface area (Å²) in [5, 5.41) is 53.2. The summed E-state index contributed by atoms with van der Waals surface area (Å²) < 4.78 is 49.3. The Kier molecular flexibility index (Phi) is 11.2. The second kappa shape index (κ2) is 18.4. The highest BCUT2D eigenvalue weighted by Gasteiger charge is 2.32. The van der Waals surface area contributed by atoms with E-state index in [4.69, 9.17) is 0 Å². The molecule has 1 aliphatic carbocycles. The lowest BCUT2D eigenvalue weighted by Crippen LogP contribution is -2.07. The van der Waals surface area contributed by atoms with Crippen molar-refractivity contribution in [3.8, 4) is 86.2 Å². The molecule has 0 radical (unpaired) electrons. The molecular formula is C66H36F3N7. The molecule has 0 spiro atoms. The zero-order chi connectivity index (χ0) is 52.2. The first-order valence-corrected chi connectivity index (χ1v) is 24.3. The zero-order valence-corrected chi connectivity index (χ0v) is 40.2. The lowest BCUT2D eigenvalue weighted by molar-refractivity contribution is -0.137. The number of alkyl halides is 3. The van der Waals surface area contributed by atoms with Gasteiger partial charge in [-0.1, -0.05) is 103 Å². The third-order valence-corrected chi connectivity index (χ3v) is 14.4. The summed E-state index contributed by atoms with van der Waals surface area (Å²) >= 11 is 0. The smallest absolute Gasteiger partial charge is 0.308 e. The molecule has 0 amide bonds. The summed E-state index contributed by atoms with van der Waals surface area (Å²) in [4.78, 5) is 0. The molecule has 0 aliphatic heterocycles. The van der Waals surface area contributed by atoms with Crippen LogP contribution in [0, 0.1) is 56.7 Å². The van der Waals surface area contributed by atoms with Crippen molar-refractivity contribution in [2.75, 3.05) is 0 Å². The van der Waals surface area contributed by atoms with Crippen molar-refractivity contribution in [2.45, 2.75) is 19.0 Å². The molecule has 11 aromatic rings. The maximum absolute atomic E-state index is 15.1. The fraction of sp³-hybridized carbons (Fsp3) is 0.0455. The van der Waals surface area contributed by atoms with E-state index >= 15 is 13.2 Å². The quantitative estimate of drug-likeness (QED) is 0.157. The molecular weight excluding hydrogens is 948 g/mol. The Bertz CT molecular complexity index is 4420. The van der Waals surface area contributed by atoms with Crippen LogP contribution in [0.25, 0.3) is 105 Å². The maximum Gasteiger partial charge on any atom is 0.416 e. The Hall–Kier alpha value is -10.7. The van der Waals surface area contributed by atoms with Crippen molar-refractivity contribution < 1.29 is 13.2 Å². The van der Waals surface area contributed by atoms with E-state index < -0.39 is 11.7 Å². The van der Waals surface area contributed by atoms with E-state index in [0.29, 0.717) is 63.1 Å². The molecule has 7 nitrogen and oxygen atoms in total. The van der Waals surface area contributed by atoms with E-state index in [1.165, 1.54) is 12.1 Å². The van der Waals surface area contributed by atoms with Gasteiger partial charge in [0.05, 0.1) is 91.6 Å². The normalized spacial score (nSPS) is 12.4. The third-order valence-electron chi connectivity index (χ3n) is 14.4. The van der Waals surface area contributed by atoms with E-state index in [2.05, 4.69) is 53.1 Å². The van der Waals surface area contributed by atoms with Gasteiger partial charge >= 0.3 is 6.18 Å². The largest absolute Gasteiger partial charge is 0.416 e. The van der Waals surface area contributed by atoms with Crippen LogP contribution in [0.15, 0.2) is 200 Å². The van der Waals surface area contributed by atoms with Crippen LogP contribution in [-0.4, -0.2) is 9.13 Å². The van der Waals surface area contributed by atoms with Crippen LogP contribution >= 0.6 is 0 Å². The monoisotopic (exact) mass is 983 g/mol. The molecule has 12 rings (SSSR count). The average molecular weight is 984 g/mol. The molecule has 10 heteroatoms. The second-order valence-electron chi connectivity index (χ2n) is 18.7. The van der Waals surface area contributed by atoms with Gasteiger partial charge in [0.2, 0.25) is 0 Å². The van der Waals surface area contributed by atoms with Gasteiger partial charge in [0.1, 0.15) is 0 Å². The number of aromatic nitrogens is 2. The second-order valence-corrected chi connectivity index (χ2v) is 18.7. The molecule has 0 saturated heterocycles. The van der Waals surface area contributed by atoms with Gasteiger partial charge in [-0.05, 0) is 154 Å². The number of hydrogen-bond donors (Lipinski definition) is 0. The highest BCUT2D eigenvalue weighted by molar-refractivity contribution is 6.14. The van der Waals surface area contributed by atoms with Crippen LogP contribution in [0.5, 0.6) is 0 Å². The van der Waals surface area contributed by atoms with Gasteiger partial charge in [0.15, 0.2) is 0 Å². The Morgan fingerprint density at radius 2 is 0.750 bits per heavy atom. The van der Waals surface area contributed by atoms with Gasteiger partial charge in [-0.25, -0.2) is 0 Å². The first-order chi connectivity index (χ1) is 37.0. The van der Waals surface area contributed by atoms with Crippen molar-refractivity contribution in [3.05, 3.63) is 233 Å². The van der Waals surface area contributed by atoms with Gasteiger partial charge < -0.3 is 9.13 Å². The first-order valence-electron chi connectivity index (χ1n) is 24.3. The topological polar surface area (TPSA) is 129 Å². The first kappa shape index (κ1) is 46.4. The number of halogens is 3. The Morgan fingerprint density at radius 3 is 1.12 bits per heavy atom. The van der Waals surface area contributed by atoms with Crippen LogP contribution < -0.4 is 0 Å². The van der Waals surface area contributed by atoms with Gasteiger partial charge in [-0.2, -0.15) is 39.5 Å². The zero-order valence-electron chi connectivity index (χ0n) is 40.2. The summed E-state index contributed by atoms with van der Waals surface area (Å²) in [7, 11) is 0. The molecule has 356 valence electrons. The fourth-order valence-corrected chi connectivity index (χ4v) is 10.7. The molecule has 1 aliphatic rings. The molecule has 76 heavy (non-hydrogen) atoms. The van der Waals surface area contributed by atoms with Crippen molar-refractivity contribution in [1.82, 2.24) is 9.13 Å². The van der Waals surface area contributed by atoms with E-state index in [0.717, 1.165) is 83.2 Å². The SMILES string of the molecule is N#CC1=CC=C(c2ccc3c4ccc(-c5ccc(C#N)cc5)cc4n(-c4cc(C#N)cc(-n5c6cc(-c7ccc(C#N)cc7)ccc6c6ccc(-c7ccc(C#N)cc7)cc65)c4-c4cccc(C(F)(F)F)c4)c3c2)CC1. The number of nitrogens with zero attached hydrogens (tertiary/aromatic N) is 7. The minimum Gasteiger partial charge on any atom is -0.308 e. The fourth-order valence-electron chi connectivity index (χ4n) is 10.7. The Labute approximate surface area is 434 Å². The van der Waals surface area contributed by atoms with Gasteiger partial charge in [-0.15, -0.1) is 0 Å². The average Bonchev–Trinajstić information content (AvgIpc) is 3.98. The number of fused-ring (bicyclic) bond motifs is 6. The summed E-state index contributed by atoms with van der Waals surface area (Å²) in [6.45, 7) is 0. The van der Waals surface area contributed by atoms with Crippen LogP contribution in [0.4, 0.5) is 13.2 Å². The summed E-state index contributed by atoms with van der Waals surface area (Å²) in [5.74, 6) is 0. The molecule has 0 atom stereocenters. The van der Waals surface area contributed by atoms with Crippen LogP contribution in [-0.2, 0) is 6.18 Å². The van der Waals surface area contributed by atoms with Gasteiger partial charge in [0.25, 0.3) is 0 Å². The van der Waals surface area contributed by atoms with E-state index in [1.54, 1.807) is 54.6 Å². The van der Waals surface area contributed by atoms with Crippen LogP contribution in [0.2, 0.25) is 0 Å². The number of benzene rings is 9. The van der Waals surface area contributed by atoms with Crippen LogP contribution in [0.1, 0.15) is 46.2 Å². The van der Waals surface area contributed by atoms with Crippen molar-refractivity contribution in [3.63, 3.8) is 0 Å². The summed E-state index contributed by atoms with van der Waals surface area (Å²) in [6.07, 6.45) is 0.292. The highest BCUT2D eigenvalue weighted by atomic mass is 19.4. The van der Waals surface area contributed by atoms with Gasteiger partial charge in [-0.3, -0.25) is 0 Å². The predicted molar refractivity (Wildman–Crippen MR) is 292 cm³/mol. The van der Waals surface area contributed by atoms with E-state index in [1.807, 2.05) is 108 Å². The predicted octanol–water partition coefficient (Wildman–Crippen LogP) is 16.7. The lowest BCUT2D eigenvalue weighted by Gasteiger charge is -2.22. The standard InChI is InChI=1S/C66H36F3N7/c67-66(68,69)54-3-1-2-53(30-54)65-63(75-59-31-49(45-12-4-40(35-70)5-13-45)20-24-55(59)56-25-21-50(32-60(56)75)46-14-6-41(36-71)7-15-46)28-44(39-74)29-64(65)76-61-33-51(47-16-8-42(37-72)9-17-47)22-26-57(61)58-27-23-52(34-62(58)76)48-18-10-43(38-73)11-19-48/h1-10,12-18,20-34H,11,19H2. The maximum atomic E-state index is 15.1. The number of allylic oxidation sites excluding steroid dienone is 4. The molecule has 0 N–H and O–H groups in total. The summed E-state index contributed by atoms with van der Waals surface area (Å²) in [6, 6.07) is 66.3.